The zero-order valence-electron chi connectivity index (χ0n) is 11.7. The van der Waals surface area contributed by atoms with Crippen molar-refractivity contribution in [2.24, 2.45) is 5.92 Å². The number of nitrogens with one attached hydrogen (secondary N) is 1. The molecule has 6 nitrogen and oxygen atoms in total. The van der Waals surface area contributed by atoms with E-state index in [1.54, 1.807) is 13.8 Å². The van der Waals surface area contributed by atoms with Gasteiger partial charge in [0, 0.05) is 0 Å². The first kappa shape index (κ1) is 17.9. The van der Waals surface area contributed by atoms with Gasteiger partial charge in [-0.15, -0.1) is 0 Å². The van der Waals surface area contributed by atoms with E-state index < -0.39 is 33.5 Å². The fraction of sp³-hybridized carbons (Fsp3) is 0.833. The average molecular weight is 293 g/mol. The molecule has 0 radical (unpaired) electrons. The minimum Gasteiger partial charge on any atom is -0.480 e. The summed E-state index contributed by atoms with van der Waals surface area (Å²) in [6.07, 6.45) is 2.22. The minimum absolute atomic E-state index is 0.0341. The summed E-state index contributed by atoms with van der Waals surface area (Å²) < 4.78 is 23.3. The Morgan fingerprint density at radius 2 is 1.79 bits per heavy atom. The van der Waals surface area contributed by atoms with Crippen LogP contribution in [-0.2, 0) is 19.4 Å². The van der Waals surface area contributed by atoms with Gasteiger partial charge in [0.1, 0.15) is 11.8 Å². The molecule has 0 aromatic carbocycles. The Hall–Kier alpha value is -1.11. The summed E-state index contributed by atoms with van der Waals surface area (Å²) in [5.41, 5.74) is 0. The molecule has 0 saturated heterocycles. The number of hydrogen-bond donors (Lipinski definition) is 2. The van der Waals surface area contributed by atoms with E-state index in [1.165, 1.54) is 0 Å². The molecule has 0 aliphatic rings. The van der Waals surface area contributed by atoms with Crippen molar-refractivity contribution in [3.63, 3.8) is 0 Å². The van der Waals surface area contributed by atoms with Gasteiger partial charge in [-0.3, -0.25) is 4.79 Å². The van der Waals surface area contributed by atoms with Gasteiger partial charge in [0.25, 0.3) is 0 Å². The fourth-order valence-electron chi connectivity index (χ4n) is 1.57. The average Bonchev–Trinajstić information content (AvgIpc) is 2.24. The van der Waals surface area contributed by atoms with Gasteiger partial charge < -0.3 is 10.4 Å². The van der Waals surface area contributed by atoms with Crippen LogP contribution in [0.4, 0.5) is 0 Å². The van der Waals surface area contributed by atoms with E-state index in [9.17, 15) is 18.0 Å². The Morgan fingerprint density at radius 3 is 2.21 bits per heavy atom. The van der Waals surface area contributed by atoms with Gasteiger partial charge >= 0.3 is 5.97 Å². The van der Waals surface area contributed by atoms with Crippen LogP contribution in [0.1, 0.15) is 40.0 Å². The van der Waals surface area contributed by atoms with E-state index in [2.05, 4.69) is 5.32 Å². The highest BCUT2D eigenvalue weighted by Crippen LogP contribution is 2.03. The lowest BCUT2D eigenvalue weighted by atomic mass is 10.1. The molecule has 0 aliphatic heterocycles. The standard InChI is InChI=1S/C12H23NO5S/c1-4-5-6-7-19(17,18)8-10(14)13-11(9(2)3)12(15)16/h9,11H,4-8H2,1-3H3,(H,13,14)(H,15,16)/t11-/m0/s1. The number of carbonyl (C=O) groups excluding carboxylic acids is 1. The van der Waals surface area contributed by atoms with Gasteiger partial charge in [-0.2, -0.15) is 0 Å². The van der Waals surface area contributed by atoms with E-state index in [4.69, 9.17) is 5.11 Å². The summed E-state index contributed by atoms with van der Waals surface area (Å²) in [5.74, 6) is -2.89. The van der Waals surface area contributed by atoms with Gasteiger partial charge in [0.15, 0.2) is 9.84 Å². The monoisotopic (exact) mass is 293 g/mol. The highest BCUT2D eigenvalue weighted by Gasteiger charge is 2.25. The number of hydrogen-bond acceptors (Lipinski definition) is 4. The van der Waals surface area contributed by atoms with Crippen molar-refractivity contribution in [3.05, 3.63) is 0 Å². The Kier molecular flexibility index (Phi) is 7.66. The lowest BCUT2D eigenvalue weighted by molar-refractivity contribution is -0.142. The van der Waals surface area contributed by atoms with Crippen LogP contribution < -0.4 is 5.32 Å². The molecule has 2 N–H and O–H groups in total. The lowest BCUT2D eigenvalue weighted by Crippen LogP contribution is -2.46. The zero-order chi connectivity index (χ0) is 15.1. The van der Waals surface area contributed by atoms with Crippen LogP contribution in [0.15, 0.2) is 0 Å². The maximum absolute atomic E-state index is 11.6. The fourth-order valence-corrected chi connectivity index (χ4v) is 2.84. The highest BCUT2D eigenvalue weighted by molar-refractivity contribution is 7.92. The number of aliphatic carboxylic acids is 1. The number of unbranched alkanes of at least 4 members (excludes halogenated alkanes) is 2. The molecule has 0 aliphatic carbocycles. The second kappa shape index (κ2) is 8.14. The summed E-state index contributed by atoms with van der Waals surface area (Å²) >= 11 is 0. The third kappa shape index (κ3) is 7.81. The van der Waals surface area contributed by atoms with Crippen molar-refractivity contribution in [2.45, 2.75) is 46.1 Å². The minimum atomic E-state index is -3.46. The molecule has 0 saturated carbocycles. The predicted molar refractivity (Wildman–Crippen MR) is 72.6 cm³/mol. The third-order valence-electron chi connectivity index (χ3n) is 2.66. The molecule has 7 heteroatoms. The Labute approximate surface area is 114 Å². The number of amides is 1. The molecule has 0 bridgehead atoms. The van der Waals surface area contributed by atoms with E-state index in [0.29, 0.717) is 6.42 Å². The largest absolute Gasteiger partial charge is 0.480 e. The number of rotatable bonds is 9. The SMILES string of the molecule is CCCCCS(=O)(=O)CC(=O)N[C@H](C(=O)O)C(C)C. The summed E-state index contributed by atoms with van der Waals surface area (Å²) in [6.45, 7) is 5.25. The Balaban J connectivity index is 4.40. The first-order valence-electron chi connectivity index (χ1n) is 6.42. The van der Waals surface area contributed by atoms with Crippen LogP contribution in [0, 0.1) is 5.92 Å². The normalized spacial score (nSPS) is 13.3. The van der Waals surface area contributed by atoms with Crippen molar-refractivity contribution in [1.82, 2.24) is 5.32 Å². The lowest BCUT2D eigenvalue weighted by Gasteiger charge is -2.17. The first-order valence-corrected chi connectivity index (χ1v) is 8.24. The van der Waals surface area contributed by atoms with Crippen molar-refractivity contribution >= 4 is 21.7 Å². The van der Waals surface area contributed by atoms with Crippen LogP contribution in [0.3, 0.4) is 0 Å². The van der Waals surface area contributed by atoms with Gasteiger partial charge in [-0.05, 0) is 12.3 Å². The molecule has 0 fully saturated rings. The van der Waals surface area contributed by atoms with Crippen LogP contribution in [-0.4, -0.2) is 42.9 Å². The van der Waals surface area contributed by atoms with Crippen molar-refractivity contribution in [2.75, 3.05) is 11.5 Å². The van der Waals surface area contributed by atoms with E-state index >= 15 is 0 Å². The maximum Gasteiger partial charge on any atom is 0.326 e. The molecule has 0 aromatic rings. The zero-order valence-corrected chi connectivity index (χ0v) is 12.5. The van der Waals surface area contributed by atoms with Crippen LogP contribution >= 0.6 is 0 Å². The van der Waals surface area contributed by atoms with Gasteiger partial charge in [-0.25, -0.2) is 13.2 Å². The van der Waals surface area contributed by atoms with Gasteiger partial charge in [0.2, 0.25) is 5.91 Å². The van der Waals surface area contributed by atoms with Crippen LogP contribution in [0.25, 0.3) is 0 Å². The van der Waals surface area contributed by atoms with E-state index in [0.717, 1.165) is 12.8 Å². The number of carboxylic acids is 1. The molecule has 0 heterocycles. The van der Waals surface area contributed by atoms with Crippen LogP contribution in [0.5, 0.6) is 0 Å². The van der Waals surface area contributed by atoms with Crippen molar-refractivity contribution in [1.29, 1.82) is 0 Å². The van der Waals surface area contributed by atoms with E-state index in [1.807, 2.05) is 6.92 Å². The molecule has 0 spiro atoms. The third-order valence-corrected chi connectivity index (χ3v) is 4.27. The smallest absolute Gasteiger partial charge is 0.326 e. The van der Waals surface area contributed by atoms with Gasteiger partial charge in [-0.1, -0.05) is 33.6 Å². The highest BCUT2D eigenvalue weighted by atomic mass is 32.2. The first-order chi connectivity index (χ1) is 8.69. The van der Waals surface area contributed by atoms with E-state index in [-0.39, 0.29) is 11.7 Å². The van der Waals surface area contributed by atoms with Crippen molar-refractivity contribution < 1.29 is 23.1 Å². The molecular formula is C12H23NO5S. The Bertz CT molecular complexity index is 402. The number of sulfone groups is 1. The summed E-state index contributed by atoms with van der Waals surface area (Å²) in [7, 11) is -3.46. The molecule has 1 amide bonds. The maximum atomic E-state index is 11.6. The topological polar surface area (TPSA) is 101 Å². The Morgan fingerprint density at radius 1 is 1.21 bits per heavy atom. The summed E-state index contributed by atoms with van der Waals surface area (Å²) in [5, 5.41) is 11.1. The summed E-state index contributed by atoms with van der Waals surface area (Å²) in [4.78, 5) is 22.4. The quantitative estimate of drug-likeness (QED) is 0.613. The molecule has 112 valence electrons. The van der Waals surface area contributed by atoms with Gasteiger partial charge in [0.05, 0.1) is 5.75 Å². The molecule has 19 heavy (non-hydrogen) atoms. The number of carbonyl (C=O) groups is 2. The molecule has 0 unspecified atom stereocenters. The summed E-state index contributed by atoms with van der Waals surface area (Å²) in [6, 6.07) is -1.06. The predicted octanol–water partition coefficient (Wildman–Crippen LogP) is 0.817. The molecule has 0 rings (SSSR count). The second-order valence-electron chi connectivity index (χ2n) is 4.93. The second-order valence-corrected chi connectivity index (χ2v) is 7.11. The number of carboxylic acid groups (broad SMARTS) is 1. The molecule has 0 aromatic heterocycles. The molecular weight excluding hydrogens is 270 g/mol. The van der Waals surface area contributed by atoms with Crippen LogP contribution in [0.2, 0.25) is 0 Å². The van der Waals surface area contributed by atoms with Crippen molar-refractivity contribution in [3.8, 4) is 0 Å². The molecule has 1 atom stereocenters.